The molecule has 0 N–H and O–H groups in total. The van der Waals surface area contributed by atoms with Crippen LogP contribution in [-0.4, -0.2) is 0 Å². The molecule has 0 saturated carbocycles. The first kappa shape index (κ1) is 16.1. The van der Waals surface area contributed by atoms with Gasteiger partial charge in [-0.1, -0.05) is 78.9 Å². The van der Waals surface area contributed by atoms with E-state index in [1.165, 1.54) is 55.3 Å². The molecule has 0 fully saturated rings. The molecule has 5 aromatic carbocycles. The Hall–Kier alpha value is -3.64. The van der Waals surface area contributed by atoms with Crippen LogP contribution in [0.2, 0.25) is 0 Å². The lowest BCUT2D eigenvalue weighted by Crippen LogP contribution is -1.93. The summed E-state index contributed by atoms with van der Waals surface area (Å²) in [6, 6.07) is 32.0. The number of fused-ring (bicyclic) bond motifs is 12. The van der Waals surface area contributed by atoms with Gasteiger partial charge in [0.25, 0.3) is 0 Å². The molecule has 0 bridgehead atoms. The van der Waals surface area contributed by atoms with E-state index >= 15 is 0 Å². The van der Waals surface area contributed by atoms with Crippen molar-refractivity contribution in [3.63, 3.8) is 0 Å². The van der Waals surface area contributed by atoms with Crippen molar-refractivity contribution in [1.82, 2.24) is 0 Å². The minimum Gasteiger partial charge on any atom is -0.0619 e. The first-order chi connectivity index (χ1) is 15.3. The molecule has 0 radical (unpaired) electrons. The van der Waals surface area contributed by atoms with E-state index in [1.54, 1.807) is 22.3 Å². The molecule has 0 aromatic heterocycles. The van der Waals surface area contributed by atoms with Crippen LogP contribution in [0.15, 0.2) is 84.9 Å². The molecule has 0 heteroatoms. The molecule has 0 atom stereocenters. The number of hydrogen-bond donors (Lipinski definition) is 0. The topological polar surface area (TPSA) is 0 Å². The van der Waals surface area contributed by atoms with Gasteiger partial charge in [0, 0.05) is 0 Å². The van der Waals surface area contributed by atoms with Crippen molar-refractivity contribution in [3.05, 3.63) is 118 Å². The summed E-state index contributed by atoms with van der Waals surface area (Å²) in [6.45, 7) is 0. The Bertz CT molecular complexity index is 1600. The Labute approximate surface area is 181 Å². The monoisotopic (exact) mass is 392 g/mol. The maximum Gasteiger partial charge on any atom is -0.000730 e. The summed E-state index contributed by atoms with van der Waals surface area (Å²) >= 11 is 0. The molecule has 0 nitrogen and oxygen atoms in total. The van der Waals surface area contributed by atoms with Gasteiger partial charge in [0.05, 0.1) is 0 Å². The number of hydrogen-bond acceptors (Lipinski definition) is 0. The van der Waals surface area contributed by atoms with E-state index in [0.29, 0.717) is 0 Å². The lowest BCUT2D eigenvalue weighted by molar-refractivity contribution is 1.13. The Morgan fingerprint density at radius 2 is 0.871 bits per heavy atom. The molecular formula is C31H20. The van der Waals surface area contributed by atoms with Crippen LogP contribution < -0.4 is 0 Å². The second-order valence-corrected chi connectivity index (χ2v) is 9.28. The Morgan fingerprint density at radius 3 is 1.61 bits per heavy atom. The van der Waals surface area contributed by atoms with Crippen molar-refractivity contribution in [3.8, 4) is 33.4 Å². The lowest BCUT2D eigenvalue weighted by Gasteiger charge is -2.08. The van der Waals surface area contributed by atoms with E-state index in [0.717, 1.165) is 19.3 Å². The third-order valence-electron chi connectivity index (χ3n) is 7.81. The zero-order chi connectivity index (χ0) is 20.1. The van der Waals surface area contributed by atoms with E-state index in [9.17, 15) is 0 Å². The summed E-state index contributed by atoms with van der Waals surface area (Å²) in [4.78, 5) is 0. The van der Waals surface area contributed by atoms with Gasteiger partial charge in [0.15, 0.2) is 0 Å². The SMILES string of the molecule is c1ccc2c(c1)Cc1c-2ccc2c1Cc1c-2ccc2c1Cc1cc3ccccc3cc1-2. The van der Waals surface area contributed by atoms with Crippen LogP contribution >= 0.6 is 0 Å². The van der Waals surface area contributed by atoms with Gasteiger partial charge in [-0.25, -0.2) is 0 Å². The quantitative estimate of drug-likeness (QED) is 0.250. The maximum absolute atomic E-state index is 2.41. The summed E-state index contributed by atoms with van der Waals surface area (Å²) < 4.78 is 0. The predicted molar refractivity (Wildman–Crippen MR) is 129 cm³/mol. The third-order valence-corrected chi connectivity index (χ3v) is 7.81. The molecule has 0 heterocycles. The number of rotatable bonds is 0. The standard InChI is InChI=1S/C31H20/c1-2-6-19-14-27-21(13-18(19)5-1)16-29-26(27)12-11-25-24-10-9-23-22-8-4-3-7-20(22)15-28(23)30(24)17-31(25)29/h1-14H,15-17H2. The average molecular weight is 393 g/mol. The van der Waals surface area contributed by atoms with Crippen molar-refractivity contribution in [2.45, 2.75) is 19.3 Å². The molecular weight excluding hydrogens is 372 g/mol. The van der Waals surface area contributed by atoms with Crippen LogP contribution in [0.1, 0.15) is 33.4 Å². The Balaban J connectivity index is 1.30. The van der Waals surface area contributed by atoms with Gasteiger partial charge >= 0.3 is 0 Å². The van der Waals surface area contributed by atoms with E-state index in [-0.39, 0.29) is 0 Å². The summed E-state index contributed by atoms with van der Waals surface area (Å²) in [5.74, 6) is 0. The summed E-state index contributed by atoms with van der Waals surface area (Å²) in [5.41, 5.74) is 17.9. The van der Waals surface area contributed by atoms with Crippen molar-refractivity contribution in [2.75, 3.05) is 0 Å². The summed E-state index contributed by atoms with van der Waals surface area (Å²) in [7, 11) is 0. The fourth-order valence-corrected chi connectivity index (χ4v) is 6.38. The zero-order valence-electron chi connectivity index (χ0n) is 17.2. The van der Waals surface area contributed by atoms with E-state index in [4.69, 9.17) is 0 Å². The minimum absolute atomic E-state index is 1.06. The molecule has 5 aromatic rings. The minimum atomic E-state index is 1.06. The molecule has 0 saturated heterocycles. The van der Waals surface area contributed by atoms with Gasteiger partial charge in [-0.05, 0) is 103 Å². The van der Waals surface area contributed by atoms with Crippen molar-refractivity contribution in [2.24, 2.45) is 0 Å². The van der Waals surface area contributed by atoms with Crippen LogP contribution in [0.3, 0.4) is 0 Å². The van der Waals surface area contributed by atoms with E-state index in [1.807, 2.05) is 0 Å². The van der Waals surface area contributed by atoms with Crippen molar-refractivity contribution < 1.29 is 0 Å². The van der Waals surface area contributed by atoms with Gasteiger partial charge in [0.2, 0.25) is 0 Å². The van der Waals surface area contributed by atoms with E-state index < -0.39 is 0 Å². The van der Waals surface area contributed by atoms with Crippen LogP contribution in [0, 0.1) is 0 Å². The fourth-order valence-electron chi connectivity index (χ4n) is 6.38. The fraction of sp³-hybridized carbons (Fsp3) is 0.0968. The van der Waals surface area contributed by atoms with E-state index in [2.05, 4.69) is 84.9 Å². The predicted octanol–water partition coefficient (Wildman–Crippen LogP) is 7.55. The molecule has 0 unspecified atom stereocenters. The first-order valence-electron chi connectivity index (χ1n) is 11.3. The van der Waals surface area contributed by atoms with Crippen LogP contribution in [0.5, 0.6) is 0 Å². The van der Waals surface area contributed by atoms with Gasteiger partial charge in [0.1, 0.15) is 0 Å². The highest BCUT2D eigenvalue weighted by Gasteiger charge is 2.31. The van der Waals surface area contributed by atoms with Gasteiger partial charge in [-0.15, -0.1) is 0 Å². The normalized spacial score (nSPS) is 14.1. The smallest absolute Gasteiger partial charge is 0.000730 e. The number of benzene rings is 5. The average Bonchev–Trinajstić information content (AvgIpc) is 3.48. The van der Waals surface area contributed by atoms with Gasteiger partial charge in [-0.3, -0.25) is 0 Å². The molecule has 3 aliphatic rings. The Morgan fingerprint density at radius 1 is 0.355 bits per heavy atom. The van der Waals surface area contributed by atoms with Crippen LogP contribution in [0.25, 0.3) is 44.2 Å². The zero-order valence-corrected chi connectivity index (χ0v) is 17.2. The largest absolute Gasteiger partial charge is 0.0619 e. The first-order valence-corrected chi connectivity index (χ1v) is 11.3. The molecule has 144 valence electrons. The highest BCUT2D eigenvalue weighted by Crippen LogP contribution is 2.50. The molecule has 8 rings (SSSR count). The van der Waals surface area contributed by atoms with Gasteiger partial charge < -0.3 is 0 Å². The second-order valence-electron chi connectivity index (χ2n) is 9.28. The highest BCUT2D eigenvalue weighted by atomic mass is 14.3. The molecule has 3 aliphatic carbocycles. The molecule has 31 heavy (non-hydrogen) atoms. The molecule has 0 aliphatic heterocycles. The summed E-state index contributed by atoms with van der Waals surface area (Å²) in [5, 5.41) is 2.69. The van der Waals surface area contributed by atoms with Gasteiger partial charge in [-0.2, -0.15) is 0 Å². The molecule has 0 spiro atoms. The third kappa shape index (κ3) is 2.00. The molecule has 0 amide bonds. The van der Waals surface area contributed by atoms with Crippen LogP contribution in [0.4, 0.5) is 0 Å². The highest BCUT2D eigenvalue weighted by molar-refractivity contribution is 5.95. The Kier molecular flexibility index (Phi) is 2.87. The van der Waals surface area contributed by atoms with Crippen LogP contribution in [-0.2, 0) is 19.3 Å². The second kappa shape index (κ2) is 5.53. The lowest BCUT2D eigenvalue weighted by atomic mass is 9.96. The van der Waals surface area contributed by atoms with Crippen molar-refractivity contribution in [1.29, 1.82) is 0 Å². The maximum atomic E-state index is 2.41. The summed E-state index contributed by atoms with van der Waals surface area (Å²) in [6.07, 6.45) is 3.23. The van der Waals surface area contributed by atoms with Crippen molar-refractivity contribution >= 4 is 10.8 Å².